The molecule has 1 fully saturated rings. The Labute approximate surface area is 211 Å². The minimum absolute atomic E-state index is 0.0809. The molecule has 0 saturated carbocycles. The fourth-order valence-electron chi connectivity index (χ4n) is 4.70. The molecule has 8 heteroatoms. The van der Waals surface area contributed by atoms with Crippen LogP contribution < -0.4 is 19.9 Å². The molecule has 1 aliphatic heterocycles. The van der Waals surface area contributed by atoms with Crippen molar-refractivity contribution in [1.82, 2.24) is 19.9 Å². The van der Waals surface area contributed by atoms with E-state index in [-0.39, 0.29) is 11.8 Å². The zero-order valence-corrected chi connectivity index (χ0v) is 21.0. The molecule has 1 atom stereocenters. The van der Waals surface area contributed by atoms with E-state index in [1.54, 1.807) is 13.3 Å². The minimum atomic E-state index is -0.0809. The number of carbonyl (C=O) groups excluding carboxylic acids is 1. The number of amides is 1. The zero-order valence-electron chi connectivity index (χ0n) is 21.0. The Balaban J connectivity index is 1.29. The minimum Gasteiger partial charge on any atom is -0.497 e. The molecule has 0 bridgehead atoms. The Kier molecular flexibility index (Phi) is 6.75. The molecule has 2 aromatic carbocycles. The van der Waals surface area contributed by atoms with E-state index in [1.165, 1.54) is 0 Å². The average molecular weight is 485 g/mol. The van der Waals surface area contributed by atoms with Crippen molar-refractivity contribution in [1.29, 1.82) is 0 Å². The standard InChI is InChI=1S/C28H32N6O2/c1-32(2)23-11-9-20(10-12-23)18-30-28(35)22-7-5-14-33(19-22)27-26-17-25(31-34(26)15-13-29-27)21-6-4-8-24(16-21)36-3/h4,6,8-13,15-17,22H,5,7,14,18-19H2,1-3H3,(H,30,35)/t22-/m1/s1. The third-order valence-corrected chi connectivity index (χ3v) is 6.75. The van der Waals surface area contributed by atoms with Crippen LogP contribution in [0.5, 0.6) is 5.75 Å². The number of methoxy groups -OCH3 is 1. The fraction of sp³-hybridized carbons (Fsp3) is 0.321. The first-order valence-electron chi connectivity index (χ1n) is 12.3. The lowest BCUT2D eigenvalue weighted by Gasteiger charge is -2.33. The summed E-state index contributed by atoms with van der Waals surface area (Å²) in [6, 6.07) is 18.2. The number of carbonyl (C=O) groups is 1. The van der Waals surface area contributed by atoms with Crippen LogP contribution in [0.15, 0.2) is 67.0 Å². The molecule has 186 valence electrons. The molecule has 0 unspecified atom stereocenters. The highest BCUT2D eigenvalue weighted by Crippen LogP contribution is 2.29. The molecule has 4 aromatic rings. The molecule has 1 saturated heterocycles. The van der Waals surface area contributed by atoms with Crippen molar-refractivity contribution in [3.8, 4) is 17.0 Å². The van der Waals surface area contributed by atoms with Gasteiger partial charge in [-0.05, 0) is 48.7 Å². The van der Waals surface area contributed by atoms with Crippen LogP contribution in [0, 0.1) is 5.92 Å². The maximum absolute atomic E-state index is 13.0. The van der Waals surface area contributed by atoms with Gasteiger partial charge in [-0.2, -0.15) is 5.10 Å². The van der Waals surface area contributed by atoms with E-state index in [0.29, 0.717) is 13.1 Å². The first kappa shape index (κ1) is 23.7. The number of nitrogens with zero attached hydrogens (tertiary/aromatic N) is 5. The van der Waals surface area contributed by atoms with E-state index in [0.717, 1.165) is 59.0 Å². The van der Waals surface area contributed by atoms with E-state index in [1.807, 2.05) is 49.1 Å². The van der Waals surface area contributed by atoms with Crippen LogP contribution in [-0.2, 0) is 11.3 Å². The molecule has 0 radical (unpaired) electrons. The number of benzene rings is 2. The molecule has 2 aromatic heterocycles. The quantitative estimate of drug-likeness (QED) is 0.427. The Morgan fingerprint density at radius 3 is 2.78 bits per heavy atom. The number of rotatable bonds is 7. The van der Waals surface area contributed by atoms with E-state index in [9.17, 15) is 4.79 Å². The number of nitrogens with one attached hydrogen (secondary N) is 1. The third-order valence-electron chi connectivity index (χ3n) is 6.75. The maximum atomic E-state index is 13.0. The van der Waals surface area contributed by atoms with Gasteiger partial charge >= 0.3 is 0 Å². The van der Waals surface area contributed by atoms with Crippen LogP contribution >= 0.6 is 0 Å². The number of fused-ring (bicyclic) bond motifs is 1. The van der Waals surface area contributed by atoms with Crippen molar-refractivity contribution < 1.29 is 9.53 Å². The van der Waals surface area contributed by atoms with Gasteiger partial charge in [0.25, 0.3) is 0 Å². The van der Waals surface area contributed by atoms with E-state index in [2.05, 4.69) is 50.4 Å². The van der Waals surface area contributed by atoms with Crippen LogP contribution in [0.1, 0.15) is 18.4 Å². The predicted molar refractivity (Wildman–Crippen MR) is 143 cm³/mol. The largest absolute Gasteiger partial charge is 0.497 e. The fourth-order valence-corrected chi connectivity index (χ4v) is 4.70. The van der Waals surface area contributed by atoms with Gasteiger partial charge in [-0.1, -0.05) is 24.3 Å². The van der Waals surface area contributed by atoms with Crippen molar-refractivity contribution >= 4 is 22.9 Å². The summed E-state index contributed by atoms with van der Waals surface area (Å²) in [7, 11) is 5.70. The van der Waals surface area contributed by atoms with Crippen LogP contribution in [0.2, 0.25) is 0 Å². The number of anilines is 2. The van der Waals surface area contributed by atoms with E-state index < -0.39 is 0 Å². The topological polar surface area (TPSA) is 75.0 Å². The molecule has 5 rings (SSSR count). The summed E-state index contributed by atoms with van der Waals surface area (Å²) in [4.78, 5) is 22.0. The second-order valence-electron chi connectivity index (χ2n) is 9.41. The SMILES string of the molecule is COc1cccc(-c2cc3c(N4CCC[C@@H](C(=O)NCc5ccc(N(C)C)cc5)C4)nccn3n2)c1. The molecule has 3 heterocycles. The molecular weight excluding hydrogens is 452 g/mol. The van der Waals surface area contributed by atoms with Gasteiger partial charge in [0.1, 0.15) is 11.3 Å². The zero-order chi connectivity index (χ0) is 25.1. The van der Waals surface area contributed by atoms with Gasteiger partial charge < -0.3 is 19.9 Å². The number of ether oxygens (including phenoxy) is 1. The van der Waals surface area contributed by atoms with Gasteiger partial charge in [0.15, 0.2) is 5.82 Å². The number of hydrogen-bond donors (Lipinski definition) is 1. The molecule has 1 aliphatic rings. The predicted octanol–water partition coefficient (Wildman–Crippen LogP) is 4.00. The normalized spacial score (nSPS) is 15.6. The van der Waals surface area contributed by atoms with Crippen LogP contribution in [0.4, 0.5) is 11.5 Å². The van der Waals surface area contributed by atoms with E-state index >= 15 is 0 Å². The lowest BCUT2D eigenvalue weighted by atomic mass is 9.97. The summed E-state index contributed by atoms with van der Waals surface area (Å²) >= 11 is 0. The summed E-state index contributed by atoms with van der Waals surface area (Å²) in [5.74, 6) is 1.66. The van der Waals surface area contributed by atoms with Gasteiger partial charge in [0.05, 0.1) is 18.7 Å². The van der Waals surface area contributed by atoms with Crippen molar-refractivity contribution in [2.45, 2.75) is 19.4 Å². The molecule has 36 heavy (non-hydrogen) atoms. The summed E-state index contributed by atoms with van der Waals surface area (Å²) in [5, 5.41) is 7.89. The van der Waals surface area contributed by atoms with Crippen LogP contribution in [0.3, 0.4) is 0 Å². The van der Waals surface area contributed by atoms with Crippen molar-refractivity contribution in [3.63, 3.8) is 0 Å². The highest BCUT2D eigenvalue weighted by Gasteiger charge is 2.27. The maximum Gasteiger partial charge on any atom is 0.225 e. The number of aromatic nitrogens is 3. The summed E-state index contributed by atoms with van der Waals surface area (Å²) < 4.78 is 7.23. The molecular formula is C28H32N6O2. The van der Waals surface area contributed by atoms with E-state index in [4.69, 9.17) is 9.84 Å². The van der Waals surface area contributed by atoms with Gasteiger partial charge in [0, 0.05) is 57.4 Å². The Hall–Kier alpha value is -4.07. The van der Waals surface area contributed by atoms with Gasteiger partial charge in [-0.15, -0.1) is 0 Å². The third kappa shape index (κ3) is 4.98. The van der Waals surface area contributed by atoms with Gasteiger partial charge in [0.2, 0.25) is 5.91 Å². The molecule has 1 amide bonds. The molecule has 0 aliphatic carbocycles. The smallest absolute Gasteiger partial charge is 0.225 e. The first-order valence-corrected chi connectivity index (χ1v) is 12.3. The highest BCUT2D eigenvalue weighted by molar-refractivity contribution is 5.81. The number of hydrogen-bond acceptors (Lipinski definition) is 6. The lowest BCUT2D eigenvalue weighted by Crippen LogP contribution is -2.43. The monoisotopic (exact) mass is 484 g/mol. The highest BCUT2D eigenvalue weighted by atomic mass is 16.5. The average Bonchev–Trinajstić information content (AvgIpc) is 3.37. The Bertz CT molecular complexity index is 1350. The Morgan fingerprint density at radius 1 is 1.17 bits per heavy atom. The Morgan fingerprint density at radius 2 is 2.00 bits per heavy atom. The second kappa shape index (κ2) is 10.3. The molecule has 8 nitrogen and oxygen atoms in total. The summed E-state index contributed by atoms with van der Waals surface area (Å²) in [6.07, 6.45) is 5.44. The lowest BCUT2D eigenvalue weighted by molar-refractivity contribution is -0.125. The van der Waals surface area contributed by atoms with Crippen LogP contribution in [-0.4, -0.2) is 54.8 Å². The van der Waals surface area contributed by atoms with Gasteiger partial charge in [-0.3, -0.25) is 4.79 Å². The summed E-state index contributed by atoms with van der Waals surface area (Å²) in [5.41, 5.74) is 5.01. The molecule has 1 N–H and O–H groups in total. The van der Waals surface area contributed by atoms with Crippen molar-refractivity contribution in [3.05, 3.63) is 72.6 Å². The number of piperidine rings is 1. The van der Waals surface area contributed by atoms with Gasteiger partial charge in [-0.25, -0.2) is 9.50 Å². The molecule has 0 spiro atoms. The van der Waals surface area contributed by atoms with Crippen molar-refractivity contribution in [2.24, 2.45) is 5.92 Å². The van der Waals surface area contributed by atoms with Crippen LogP contribution in [0.25, 0.3) is 16.8 Å². The second-order valence-corrected chi connectivity index (χ2v) is 9.41. The van der Waals surface area contributed by atoms with Crippen molar-refractivity contribution in [2.75, 3.05) is 44.1 Å². The summed E-state index contributed by atoms with van der Waals surface area (Å²) in [6.45, 7) is 2.03. The first-order chi connectivity index (χ1) is 17.5.